The monoisotopic (exact) mass is 717 g/mol. The predicted octanol–water partition coefficient (Wildman–Crippen LogP) is 15.3. The molecule has 3 heterocycles. The zero-order chi connectivity index (χ0) is 36.7. The molecule has 0 aliphatic rings. The minimum atomic E-state index is 0.859. The lowest BCUT2D eigenvalue weighted by atomic mass is 9.97. The van der Waals surface area contributed by atoms with Gasteiger partial charge in [0.1, 0.15) is 33.5 Å². The molecule has 0 N–H and O–H groups in total. The van der Waals surface area contributed by atoms with Crippen LogP contribution in [0, 0.1) is 0 Å². The first-order valence-corrected chi connectivity index (χ1v) is 18.9. The van der Waals surface area contributed by atoms with Crippen molar-refractivity contribution in [3.05, 3.63) is 188 Å². The van der Waals surface area contributed by atoms with Gasteiger partial charge in [-0.25, -0.2) is 0 Å². The number of rotatable bonds is 5. The molecular weight excluding hydrogens is 687 g/mol. The van der Waals surface area contributed by atoms with Gasteiger partial charge in [0.2, 0.25) is 0 Å². The molecule has 4 heteroatoms. The van der Waals surface area contributed by atoms with Crippen LogP contribution in [0.15, 0.2) is 201 Å². The Hall–Kier alpha value is -7.56. The summed E-state index contributed by atoms with van der Waals surface area (Å²) in [7, 11) is 0. The Morgan fingerprint density at radius 1 is 0.321 bits per heavy atom. The van der Waals surface area contributed by atoms with Crippen LogP contribution < -0.4 is 4.90 Å². The first kappa shape index (κ1) is 30.9. The van der Waals surface area contributed by atoms with Crippen molar-refractivity contribution in [3.8, 4) is 22.3 Å². The molecule has 0 bridgehead atoms. The van der Waals surface area contributed by atoms with Gasteiger partial charge in [0.15, 0.2) is 0 Å². The van der Waals surface area contributed by atoms with Crippen LogP contribution in [0.5, 0.6) is 0 Å². The fraction of sp³-hybridized carbons (Fsp3) is 0. The van der Waals surface area contributed by atoms with Crippen molar-refractivity contribution < 1.29 is 13.3 Å². The maximum absolute atomic E-state index is 6.88. The van der Waals surface area contributed by atoms with Crippen LogP contribution in [0.4, 0.5) is 17.1 Å². The lowest BCUT2D eigenvalue weighted by molar-refractivity contribution is 0.668. The van der Waals surface area contributed by atoms with Gasteiger partial charge in [0.05, 0.1) is 5.69 Å². The molecule has 0 aliphatic heterocycles. The summed E-state index contributed by atoms with van der Waals surface area (Å²) >= 11 is 0. The van der Waals surface area contributed by atoms with Crippen molar-refractivity contribution in [2.75, 3.05) is 4.90 Å². The van der Waals surface area contributed by atoms with E-state index >= 15 is 0 Å². The largest absolute Gasteiger partial charge is 0.456 e. The van der Waals surface area contributed by atoms with E-state index in [1.807, 2.05) is 30.3 Å². The third kappa shape index (κ3) is 4.60. The third-order valence-electron chi connectivity index (χ3n) is 11.3. The quantitative estimate of drug-likeness (QED) is 0.178. The second kappa shape index (κ2) is 12.0. The first-order valence-electron chi connectivity index (χ1n) is 18.9. The van der Waals surface area contributed by atoms with Crippen LogP contribution in [0.1, 0.15) is 0 Å². The zero-order valence-electron chi connectivity index (χ0n) is 30.1. The molecule has 12 aromatic rings. The maximum atomic E-state index is 6.88. The second-order valence-electron chi connectivity index (χ2n) is 14.4. The highest BCUT2D eigenvalue weighted by Gasteiger charge is 2.22. The summed E-state index contributed by atoms with van der Waals surface area (Å²) in [5, 5.41) is 8.89. The standard InChI is InChI=1S/C52H31NO3/c1-2-12-37-32(11-1)25-29-42-41-18-9-17-40(52(41)56-51(37)42)38-13-3-6-19-45(38)53(35-28-30-48-44(31-35)39-14-4-7-20-46(39)54-48)34-26-23-33(24-27-34)36-16-10-22-49-50(36)43-15-5-8-21-47(43)55-49/h1-31H. The van der Waals surface area contributed by atoms with Crippen molar-refractivity contribution >= 4 is 93.7 Å². The van der Waals surface area contributed by atoms with E-state index in [0.717, 1.165) is 116 Å². The Morgan fingerprint density at radius 2 is 0.929 bits per heavy atom. The minimum absolute atomic E-state index is 0.859. The van der Waals surface area contributed by atoms with Gasteiger partial charge >= 0.3 is 0 Å². The maximum Gasteiger partial charge on any atom is 0.143 e. The molecule has 56 heavy (non-hydrogen) atoms. The van der Waals surface area contributed by atoms with Crippen molar-refractivity contribution in [1.82, 2.24) is 0 Å². The van der Waals surface area contributed by atoms with Crippen molar-refractivity contribution in [3.63, 3.8) is 0 Å². The van der Waals surface area contributed by atoms with E-state index < -0.39 is 0 Å². The fourth-order valence-corrected chi connectivity index (χ4v) is 8.72. The fourth-order valence-electron chi connectivity index (χ4n) is 8.72. The number of benzene rings is 9. The molecule has 3 aromatic heterocycles. The van der Waals surface area contributed by atoms with Crippen molar-refractivity contribution in [1.29, 1.82) is 0 Å². The number of para-hydroxylation sites is 4. The van der Waals surface area contributed by atoms with Crippen LogP contribution in [-0.4, -0.2) is 0 Å². The van der Waals surface area contributed by atoms with Gasteiger partial charge in [-0.3, -0.25) is 0 Å². The van der Waals surface area contributed by atoms with Crippen LogP contribution in [0.25, 0.3) is 98.8 Å². The molecule has 0 unspecified atom stereocenters. The number of hydrogen-bond donors (Lipinski definition) is 0. The summed E-state index contributed by atoms with van der Waals surface area (Å²) in [5.41, 5.74) is 12.7. The van der Waals surface area contributed by atoms with E-state index in [9.17, 15) is 0 Å². The van der Waals surface area contributed by atoms with Gasteiger partial charge in [-0.15, -0.1) is 0 Å². The Balaban J connectivity index is 1.07. The average molecular weight is 718 g/mol. The molecule has 0 saturated heterocycles. The summed E-state index contributed by atoms with van der Waals surface area (Å²) in [6.45, 7) is 0. The van der Waals surface area contributed by atoms with Gasteiger partial charge in [-0.1, -0.05) is 127 Å². The molecule has 0 atom stereocenters. The van der Waals surface area contributed by atoms with Crippen LogP contribution in [0.2, 0.25) is 0 Å². The number of hydrogen-bond acceptors (Lipinski definition) is 4. The number of anilines is 3. The van der Waals surface area contributed by atoms with E-state index in [1.54, 1.807) is 0 Å². The second-order valence-corrected chi connectivity index (χ2v) is 14.4. The summed E-state index contributed by atoms with van der Waals surface area (Å²) in [5.74, 6) is 0. The van der Waals surface area contributed by atoms with Crippen molar-refractivity contribution in [2.24, 2.45) is 0 Å². The highest BCUT2D eigenvalue weighted by atomic mass is 16.3. The average Bonchev–Trinajstić information content (AvgIpc) is 3.96. The molecule has 12 rings (SSSR count). The normalized spacial score (nSPS) is 11.9. The van der Waals surface area contributed by atoms with Crippen LogP contribution >= 0.6 is 0 Å². The summed E-state index contributed by atoms with van der Waals surface area (Å²) in [4.78, 5) is 2.35. The van der Waals surface area contributed by atoms with Gasteiger partial charge in [0, 0.05) is 60.2 Å². The van der Waals surface area contributed by atoms with E-state index in [0.29, 0.717) is 0 Å². The van der Waals surface area contributed by atoms with Crippen molar-refractivity contribution in [2.45, 2.75) is 0 Å². The smallest absolute Gasteiger partial charge is 0.143 e. The molecule has 0 fully saturated rings. The predicted molar refractivity (Wildman–Crippen MR) is 231 cm³/mol. The van der Waals surface area contributed by atoms with Gasteiger partial charge in [-0.05, 0) is 77.2 Å². The SMILES string of the molecule is c1ccc(N(c2ccc(-c3cccc4oc5ccccc5c34)cc2)c2ccc3oc4ccccc4c3c2)c(-c2cccc3c2oc2c4ccccc4ccc32)c1. The molecule has 4 nitrogen and oxygen atoms in total. The Morgan fingerprint density at radius 3 is 1.82 bits per heavy atom. The molecule has 0 saturated carbocycles. The minimum Gasteiger partial charge on any atom is -0.456 e. The van der Waals surface area contributed by atoms with E-state index in [4.69, 9.17) is 13.3 Å². The van der Waals surface area contributed by atoms with E-state index in [1.165, 1.54) is 0 Å². The van der Waals surface area contributed by atoms with Crippen LogP contribution in [0.3, 0.4) is 0 Å². The van der Waals surface area contributed by atoms with Crippen LogP contribution in [-0.2, 0) is 0 Å². The third-order valence-corrected chi connectivity index (χ3v) is 11.3. The van der Waals surface area contributed by atoms with Gasteiger partial charge in [0.25, 0.3) is 0 Å². The highest BCUT2D eigenvalue weighted by molar-refractivity contribution is 6.18. The Kier molecular flexibility index (Phi) is 6.60. The summed E-state index contributed by atoms with van der Waals surface area (Å²) in [6.07, 6.45) is 0. The Labute approximate surface area is 321 Å². The van der Waals surface area contributed by atoms with Gasteiger partial charge < -0.3 is 18.2 Å². The topological polar surface area (TPSA) is 42.7 Å². The molecule has 0 radical (unpaired) electrons. The van der Waals surface area contributed by atoms with Gasteiger partial charge in [-0.2, -0.15) is 0 Å². The van der Waals surface area contributed by atoms with E-state index in [2.05, 4.69) is 163 Å². The number of fused-ring (bicyclic) bond motifs is 11. The molecule has 262 valence electrons. The molecule has 0 aliphatic carbocycles. The lowest BCUT2D eigenvalue weighted by Gasteiger charge is -2.28. The number of nitrogens with zero attached hydrogens (tertiary/aromatic N) is 1. The molecular formula is C52H31NO3. The lowest BCUT2D eigenvalue weighted by Crippen LogP contribution is -2.11. The molecule has 9 aromatic carbocycles. The van der Waals surface area contributed by atoms with E-state index in [-0.39, 0.29) is 0 Å². The first-order chi connectivity index (χ1) is 27.8. The molecule has 0 amide bonds. The Bertz CT molecular complexity index is 3490. The summed E-state index contributed by atoms with van der Waals surface area (Å²) in [6, 6.07) is 66.1. The zero-order valence-corrected chi connectivity index (χ0v) is 30.1. The molecule has 0 spiro atoms. The highest BCUT2D eigenvalue weighted by Crippen LogP contribution is 2.47. The summed E-state index contributed by atoms with van der Waals surface area (Å²) < 4.78 is 19.4. The number of furan rings is 3.